The number of rotatable bonds is 26. The molecule has 6 aromatic rings. The van der Waals surface area contributed by atoms with Crippen LogP contribution in [-0.4, -0.2) is 166 Å². The van der Waals surface area contributed by atoms with Crippen molar-refractivity contribution in [3.63, 3.8) is 0 Å². The Labute approximate surface area is 555 Å². The Kier molecular flexibility index (Phi) is 23.2. The van der Waals surface area contributed by atoms with Crippen LogP contribution in [0.25, 0.3) is 11.1 Å². The summed E-state index contributed by atoms with van der Waals surface area (Å²) in [7, 11) is 3.55. The van der Waals surface area contributed by atoms with Gasteiger partial charge in [0, 0.05) is 101 Å². The van der Waals surface area contributed by atoms with E-state index in [9.17, 15) is 54.7 Å². The van der Waals surface area contributed by atoms with Crippen LogP contribution in [0.3, 0.4) is 0 Å². The third-order valence-corrected chi connectivity index (χ3v) is 19.2. The fraction of sp³-hybridized carbons (Fsp3) is 0.438. The van der Waals surface area contributed by atoms with Gasteiger partial charge in [-0.2, -0.15) is 26.3 Å². The number of likely N-dealkylation sites (N-methyl/N-ethyl adjacent to an activating group) is 2. The van der Waals surface area contributed by atoms with E-state index in [1.165, 1.54) is 24.3 Å². The van der Waals surface area contributed by atoms with Gasteiger partial charge < -0.3 is 49.3 Å². The molecule has 23 heteroatoms. The van der Waals surface area contributed by atoms with Gasteiger partial charge in [0.05, 0.1) is 29.5 Å². The van der Waals surface area contributed by atoms with Gasteiger partial charge in [0.25, 0.3) is 11.8 Å². The number of halogens is 7. The lowest BCUT2D eigenvalue weighted by molar-refractivity contribution is -0.143. The Morgan fingerprint density at radius 2 is 1.32 bits per heavy atom. The molecule has 1 unspecified atom stereocenters. The first-order chi connectivity index (χ1) is 46.1. The van der Waals surface area contributed by atoms with Crippen LogP contribution in [-0.2, 0) is 53.6 Å². The number of carbonyl (C=O) groups excluding carboxylic acids is 5. The number of piperidine rings is 2. The first-order valence-corrected chi connectivity index (χ1v) is 32.9. The molecule has 6 aromatic carbocycles. The number of fused-ring (bicyclic) bond motifs is 2. The van der Waals surface area contributed by atoms with Crippen molar-refractivity contribution in [2.24, 2.45) is 0 Å². The van der Waals surface area contributed by atoms with Crippen LogP contribution in [0, 0.1) is 5.82 Å². The summed E-state index contributed by atoms with van der Waals surface area (Å²) in [6, 6.07) is 39.2. The molecule has 3 N–H and O–H groups in total. The largest absolute Gasteiger partial charge is 0.446 e. The normalized spacial score (nSPS) is 18.2. The number of carbonyl (C=O) groups is 5. The third kappa shape index (κ3) is 18.0. The van der Waals surface area contributed by atoms with E-state index >= 15 is 0 Å². The SMILES string of the molecule is CN(CCN1CCC(OC(=O)Nc2ccccc2-c2ccccc2)CC1)C(=O)CCCCCNc1ccc(C(=O)NCCCN(C)C(=O)COC2Cc3ccccc3C23CCN(CC[C@@]2(c4ccc(F)cc4)CN(C(=O)c4cc(C(F)(F)F)cc(C(F)(F)F)c4)CO2)CC3)cc1. The Balaban J connectivity index is 0.596. The first-order valence-electron chi connectivity index (χ1n) is 32.9. The zero-order valence-electron chi connectivity index (χ0n) is 54.1. The molecule has 4 aliphatic rings. The fourth-order valence-corrected chi connectivity index (χ4v) is 13.5. The highest BCUT2D eigenvalue weighted by Gasteiger charge is 2.50. The van der Waals surface area contributed by atoms with E-state index in [0.29, 0.717) is 107 Å². The average Bonchev–Trinajstić information content (AvgIpc) is 1.59. The van der Waals surface area contributed by atoms with Gasteiger partial charge in [-0.05, 0) is 154 Å². The number of benzene rings is 6. The molecular weight excluding hydrogens is 1250 g/mol. The number of nitrogens with zero attached hydrogens (tertiary/aromatic N) is 5. The van der Waals surface area contributed by atoms with E-state index in [0.717, 1.165) is 84.6 Å². The number of alkyl halides is 6. The molecular formula is C73H83F7N8O8. The fourth-order valence-electron chi connectivity index (χ4n) is 13.5. The maximum Gasteiger partial charge on any atom is 0.416 e. The number of nitrogens with one attached hydrogen (secondary N) is 3. The van der Waals surface area contributed by atoms with E-state index in [2.05, 4.69) is 37.9 Å². The molecule has 5 amide bonds. The van der Waals surface area contributed by atoms with Crippen molar-refractivity contribution in [2.75, 3.05) is 110 Å². The molecule has 0 saturated carbocycles. The Morgan fingerprint density at radius 1 is 0.667 bits per heavy atom. The Morgan fingerprint density at radius 3 is 2.03 bits per heavy atom. The summed E-state index contributed by atoms with van der Waals surface area (Å²) in [6.45, 7) is 5.23. The number of hydrogen-bond acceptors (Lipinski definition) is 11. The summed E-state index contributed by atoms with van der Waals surface area (Å²) in [5, 5.41) is 9.27. The van der Waals surface area contributed by atoms with Crippen LogP contribution >= 0.6 is 0 Å². The topological polar surface area (TPSA) is 165 Å². The second-order valence-electron chi connectivity index (χ2n) is 25.5. The van der Waals surface area contributed by atoms with Crippen molar-refractivity contribution in [3.05, 3.63) is 190 Å². The minimum Gasteiger partial charge on any atom is -0.446 e. The predicted octanol–water partition coefficient (Wildman–Crippen LogP) is 12.6. The number of para-hydroxylation sites is 1. The van der Waals surface area contributed by atoms with Crippen molar-refractivity contribution < 1.29 is 68.9 Å². The van der Waals surface area contributed by atoms with Crippen molar-refractivity contribution in [3.8, 4) is 11.1 Å². The number of amides is 5. The van der Waals surface area contributed by atoms with Crippen LogP contribution in [0.4, 0.5) is 46.9 Å². The lowest BCUT2D eigenvalue weighted by Gasteiger charge is -2.44. The van der Waals surface area contributed by atoms with Crippen molar-refractivity contribution in [1.29, 1.82) is 0 Å². The molecule has 10 rings (SSSR count). The lowest BCUT2D eigenvalue weighted by atomic mass is 9.72. The summed E-state index contributed by atoms with van der Waals surface area (Å²) in [5.74, 6) is -1.92. The van der Waals surface area contributed by atoms with Gasteiger partial charge in [0.15, 0.2) is 0 Å². The minimum atomic E-state index is -5.15. The Bertz CT molecular complexity index is 3590. The van der Waals surface area contributed by atoms with Crippen molar-refractivity contribution >= 4 is 41.1 Å². The molecule has 0 aromatic heterocycles. The molecule has 1 aliphatic carbocycles. The second kappa shape index (κ2) is 31.7. The van der Waals surface area contributed by atoms with Gasteiger partial charge >= 0.3 is 18.4 Å². The van der Waals surface area contributed by atoms with Crippen LogP contribution < -0.4 is 16.0 Å². The smallest absolute Gasteiger partial charge is 0.416 e. The van der Waals surface area contributed by atoms with Crippen LogP contribution in [0.1, 0.15) is 113 Å². The number of ether oxygens (including phenoxy) is 3. The lowest BCUT2D eigenvalue weighted by Crippen LogP contribution is -2.50. The quantitative estimate of drug-likeness (QED) is 0.0350. The van der Waals surface area contributed by atoms with E-state index in [4.69, 9.17) is 14.2 Å². The van der Waals surface area contributed by atoms with Crippen molar-refractivity contribution in [2.45, 2.75) is 106 Å². The van der Waals surface area contributed by atoms with Gasteiger partial charge in [-0.3, -0.25) is 24.5 Å². The molecule has 512 valence electrons. The molecule has 0 radical (unpaired) electrons. The standard InChI is InChI=1S/C73H83F7N8O8/c1-84(36-13-35-82-67(91)52-21-27-59(28-22-52)81-34-12-4-7-20-65(89)85(2)42-43-86-37-29-60(30-38-86)96-69(93)83-63-19-11-9-17-61(63)51-14-5-3-6-15-51)66(90)48-94-64-46-53-16-8-10-18-62(53)70(64)31-39-87(40-32-70)41-33-71(55-23-25-58(74)26-24-55)49-88(50-95-71)68(92)54-44-56(72(75,76)77)47-57(45-54)73(78,79)80/h3,5-6,8-11,14-19,21-28,44-45,47,60,64,81H,4,7,12-13,20,29-43,46,48-50H2,1-2H3,(H,82,91)(H,83,93)/t64?,71-/m0/s1. The average molecular weight is 1330 g/mol. The molecule has 96 heavy (non-hydrogen) atoms. The highest BCUT2D eigenvalue weighted by Crippen LogP contribution is 2.48. The monoisotopic (exact) mass is 1330 g/mol. The molecule has 3 aliphatic heterocycles. The summed E-state index contributed by atoms with van der Waals surface area (Å²) in [5.41, 5.74) is 1.14. The van der Waals surface area contributed by atoms with E-state index in [-0.39, 0.29) is 55.6 Å². The summed E-state index contributed by atoms with van der Waals surface area (Å²) >= 11 is 0. The van der Waals surface area contributed by atoms with E-state index < -0.39 is 64.6 Å². The van der Waals surface area contributed by atoms with Crippen LogP contribution in [0.2, 0.25) is 0 Å². The van der Waals surface area contributed by atoms with E-state index in [1.807, 2.05) is 85.9 Å². The van der Waals surface area contributed by atoms with Gasteiger partial charge in [-0.1, -0.05) is 91.3 Å². The maximum absolute atomic E-state index is 14.2. The summed E-state index contributed by atoms with van der Waals surface area (Å²) in [6.07, 6.45) is -4.05. The van der Waals surface area contributed by atoms with Crippen LogP contribution in [0.15, 0.2) is 146 Å². The van der Waals surface area contributed by atoms with Gasteiger partial charge in [0.1, 0.15) is 30.9 Å². The molecule has 3 saturated heterocycles. The molecule has 0 bridgehead atoms. The Hall–Kier alpha value is -8.38. The summed E-state index contributed by atoms with van der Waals surface area (Å²) < 4.78 is 115. The van der Waals surface area contributed by atoms with Crippen LogP contribution in [0.5, 0.6) is 0 Å². The molecule has 2 atom stereocenters. The first kappa shape index (κ1) is 70.4. The molecule has 16 nitrogen and oxygen atoms in total. The third-order valence-electron chi connectivity index (χ3n) is 19.2. The molecule has 3 heterocycles. The zero-order chi connectivity index (χ0) is 68.0. The maximum atomic E-state index is 14.2. The number of unbranched alkanes of at least 4 members (excludes halogenated alkanes) is 2. The molecule has 1 spiro atoms. The number of anilines is 2. The van der Waals surface area contributed by atoms with Gasteiger partial charge in [-0.15, -0.1) is 0 Å². The highest BCUT2D eigenvalue weighted by molar-refractivity contribution is 5.95. The second-order valence-corrected chi connectivity index (χ2v) is 25.5. The van der Waals surface area contributed by atoms with Gasteiger partial charge in [0.2, 0.25) is 11.8 Å². The molecule has 3 fully saturated rings. The predicted molar refractivity (Wildman–Crippen MR) is 350 cm³/mol. The van der Waals surface area contributed by atoms with E-state index in [1.54, 1.807) is 29.0 Å². The minimum absolute atomic E-state index is 0.0295. The number of hydrogen-bond donors (Lipinski definition) is 3. The van der Waals surface area contributed by atoms with Crippen molar-refractivity contribution in [1.82, 2.24) is 29.8 Å². The number of likely N-dealkylation sites (tertiary alicyclic amines) is 2. The van der Waals surface area contributed by atoms with Gasteiger partial charge in [-0.25, -0.2) is 9.18 Å². The summed E-state index contributed by atoms with van der Waals surface area (Å²) in [4.78, 5) is 75.2. The zero-order valence-corrected chi connectivity index (χ0v) is 54.1. The highest BCUT2D eigenvalue weighted by atomic mass is 19.4.